The van der Waals surface area contributed by atoms with Crippen molar-refractivity contribution < 1.29 is 19.1 Å². The standard InChI is InChI=1S/C29H34N6O4/c1-29(2,3)39-28(37)35-14-12-34(13-15-35)24-10-11-30-19-23(24)32-27(36)22-7-5-6-21(31-22)20-8-9-25-26(18-20)38-17-16-33(25)4/h5-11,18-19H,12-17H2,1-4H3,(H,32,36). The van der Waals surface area contributed by atoms with Crippen molar-refractivity contribution in [2.75, 3.05) is 61.5 Å². The molecule has 0 spiro atoms. The SMILES string of the molecule is CN1CCOc2cc(-c3cccc(C(=O)Nc4cnccc4N4CCN(C(=O)OC(C)(C)C)CC4)n3)ccc21. The lowest BCUT2D eigenvalue weighted by Gasteiger charge is -2.37. The van der Waals surface area contributed by atoms with Gasteiger partial charge >= 0.3 is 6.09 Å². The van der Waals surface area contributed by atoms with E-state index in [1.54, 1.807) is 23.4 Å². The first-order valence-electron chi connectivity index (χ1n) is 13.1. The van der Waals surface area contributed by atoms with Crippen molar-refractivity contribution >= 4 is 29.1 Å². The number of likely N-dealkylation sites (N-methyl/N-ethyl adjacent to an activating group) is 1. The highest BCUT2D eigenvalue weighted by Crippen LogP contribution is 2.34. The molecule has 3 aromatic rings. The lowest BCUT2D eigenvalue weighted by Crippen LogP contribution is -2.50. The van der Waals surface area contributed by atoms with Crippen molar-refractivity contribution in [2.24, 2.45) is 0 Å². The molecule has 0 atom stereocenters. The van der Waals surface area contributed by atoms with Crippen LogP contribution < -0.4 is 19.9 Å². The molecule has 2 aliphatic rings. The second kappa shape index (κ2) is 10.8. The third-order valence-electron chi connectivity index (χ3n) is 6.65. The molecule has 0 bridgehead atoms. The second-order valence-corrected chi connectivity index (χ2v) is 10.7. The average Bonchev–Trinajstić information content (AvgIpc) is 2.92. The maximum absolute atomic E-state index is 13.3. The third kappa shape index (κ3) is 6.05. The predicted octanol–water partition coefficient (Wildman–Crippen LogP) is 4.28. The summed E-state index contributed by atoms with van der Waals surface area (Å²) in [6.45, 7) is 9.31. The summed E-state index contributed by atoms with van der Waals surface area (Å²) in [6, 6.07) is 13.2. The summed E-state index contributed by atoms with van der Waals surface area (Å²) >= 11 is 0. The number of fused-ring (bicyclic) bond motifs is 1. The minimum absolute atomic E-state index is 0.299. The molecular formula is C29H34N6O4. The predicted molar refractivity (Wildman–Crippen MR) is 151 cm³/mol. The fourth-order valence-corrected chi connectivity index (χ4v) is 4.64. The molecule has 4 heterocycles. The van der Waals surface area contributed by atoms with Gasteiger partial charge in [-0.25, -0.2) is 9.78 Å². The molecule has 0 saturated carbocycles. The number of aromatic nitrogens is 2. The van der Waals surface area contributed by atoms with Gasteiger partial charge in [0.25, 0.3) is 5.91 Å². The van der Waals surface area contributed by atoms with Crippen molar-refractivity contribution in [3.8, 4) is 17.0 Å². The Morgan fingerprint density at radius 2 is 1.79 bits per heavy atom. The zero-order valence-corrected chi connectivity index (χ0v) is 22.8. The molecule has 2 aliphatic heterocycles. The monoisotopic (exact) mass is 530 g/mol. The number of amides is 2. The molecule has 2 amide bonds. The Balaban J connectivity index is 1.28. The number of benzene rings is 1. The lowest BCUT2D eigenvalue weighted by atomic mass is 10.1. The van der Waals surface area contributed by atoms with Crippen molar-refractivity contribution in [3.05, 3.63) is 60.6 Å². The van der Waals surface area contributed by atoms with Crippen LogP contribution in [0, 0.1) is 0 Å². The zero-order valence-electron chi connectivity index (χ0n) is 22.8. The van der Waals surface area contributed by atoms with Crippen LogP contribution in [0.1, 0.15) is 31.3 Å². The third-order valence-corrected chi connectivity index (χ3v) is 6.65. The van der Waals surface area contributed by atoms with Crippen LogP contribution in [0.15, 0.2) is 54.9 Å². The quantitative estimate of drug-likeness (QED) is 0.534. The van der Waals surface area contributed by atoms with Crippen molar-refractivity contribution in [3.63, 3.8) is 0 Å². The maximum atomic E-state index is 13.3. The van der Waals surface area contributed by atoms with Crippen LogP contribution in [-0.4, -0.2) is 78.8 Å². The van der Waals surface area contributed by atoms with Crippen LogP contribution in [0.25, 0.3) is 11.3 Å². The van der Waals surface area contributed by atoms with Crippen molar-refractivity contribution in [2.45, 2.75) is 26.4 Å². The number of rotatable bonds is 4. The van der Waals surface area contributed by atoms with Crippen LogP contribution in [-0.2, 0) is 4.74 Å². The Kier molecular flexibility index (Phi) is 7.28. The van der Waals surface area contributed by atoms with Gasteiger partial charge in [0.15, 0.2) is 0 Å². The van der Waals surface area contributed by atoms with Crippen LogP contribution in [0.3, 0.4) is 0 Å². The summed E-state index contributed by atoms with van der Waals surface area (Å²) in [4.78, 5) is 40.6. The summed E-state index contributed by atoms with van der Waals surface area (Å²) in [5.74, 6) is 0.483. The van der Waals surface area contributed by atoms with Crippen molar-refractivity contribution in [1.29, 1.82) is 0 Å². The highest BCUT2D eigenvalue weighted by Gasteiger charge is 2.27. The molecule has 2 aromatic heterocycles. The Bertz CT molecular complexity index is 1360. The summed E-state index contributed by atoms with van der Waals surface area (Å²) in [6.07, 6.45) is 3.02. The molecule has 204 valence electrons. The molecule has 10 nitrogen and oxygen atoms in total. The Morgan fingerprint density at radius 1 is 1.00 bits per heavy atom. The highest BCUT2D eigenvalue weighted by atomic mass is 16.6. The van der Waals surface area contributed by atoms with E-state index in [-0.39, 0.29) is 12.0 Å². The van der Waals surface area contributed by atoms with E-state index in [0.717, 1.165) is 29.2 Å². The first-order valence-corrected chi connectivity index (χ1v) is 13.1. The Hall–Kier alpha value is -4.34. The number of pyridine rings is 2. The molecule has 39 heavy (non-hydrogen) atoms. The number of carbonyl (C=O) groups is 2. The van der Waals surface area contributed by atoms with E-state index >= 15 is 0 Å². The molecule has 10 heteroatoms. The summed E-state index contributed by atoms with van der Waals surface area (Å²) in [7, 11) is 2.04. The van der Waals surface area contributed by atoms with Gasteiger partial charge in [0, 0.05) is 45.0 Å². The Labute approximate surface area is 228 Å². The molecular weight excluding hydrogens is 496 g/mol. The van der Waals surface area contributed by atoms with Gasteiger partial charge in [-0.15, -0.1) is 0 Å². The van der Waals surface area contributed by atoms with Crippen LogP contribution in [0.2, 0.25) is 0 Å². The minimum atomic E-state index is -0.535. The molecule has 0 unspecified atom stereocenters. The first-order chi connectivity index (χ1) is 18.7. The second-order valence-electron chi connectivity index (χ2n) is 10.7. The van der Waals surface area contributed by atoms with E-state index in [2.05, 4.69) is 25.1 Å². The lowest BCUT2D eigenvalue weighted by molar-refractivity contribution is 0.0240. The summed E-state index contributed by atoms with van der Waals surface area (Å²) in [5, 5.41) is 2.98. The Morgan fingerprint density at radius 3 is 2.56 bits per heavy atom. The number of nitrogens with zero attached hydrogens (tertiary/aromatic N) is 5. The van der Waals surface area contributed by atoms with Gasteiger partial charge in [0.1, 0.15) is 23.7 Å². The van der Waals surface area contributed by atoms with E-state index in [1.165, 1.54) is 0 Å². The van der Waals surface area contributed by atoms with E-state index in [1.807, 2.05) is 64.2 Å². The van der Waals surface area contributed by atoms with Gasteiger partial charge in [0.05, 0.1) is 35.5 Å². The number of anilines is 3. The highest BCUT2D eigenvalue weighted by molar-refractivity contribution is 6.04. The largest absolute Gasteiger partial charge is 0.490 e. The molecule has 1 aromatic carbocycles. The molecule has 1 saturated heterocycles. The van der Waals surface area contributed by atoms with E-state index < -0.39 is 5.60 Å². The van der Waals surface area contributed by atoms with Gasteiger partial charge in [-0.2, -0.15) is 0 Å². The number of hydrogen-bond acceptors (Lipinski definition) is 8. The van der Waals surface area contributed by atoms with Crippen LogP contribution in [0.5, 0.6) is 5.75 Å². The van der Waals surface area contributed by atoms with E-state index in [0.29, 0.717) is 49.9 Å². The number of carbonyl (C=O) groups excluding carboxylic acids is 2. The first kappa shape index (κ1) is 26.3. The normalized spacial score (nSPS) is 15.3. The number of piperazine rings is 1. The smallest absolute Gasteiger partial charge is 0.410 e. The number of hydrogen-bond donors (Lipinski definition) is 1. The fourth-order valence-electron chi connectivity index (χ4n) is 4.64. The molecule has 0 radical (unpaired) electrons. The van der Waals surface area contributed by atoms with Gasteiger partial charge in [-0.1, -0.05) is 12.1 Å². The van der Waals surface area contributed by atoms with Gasteiger partial charge in [0.2, 0.25) is 0 Å². The van der Waals surface area contributed by atoms with Gasteiger partial charge in [-0.3, -0.25) is 9.78 Å². The molecule has 0 aliphatic carbocycles. The van der Waals surface area contributed by atoms with Crippen molar-refractivity contribution in [1.82, 2.24) is 14.9 Å². The van der Waals surface area contributed by atoms with Crippen LogP contribution in [0.4, 0.5) is 21.9 Å². The zero-order chi connectivity index (χ0) is 27.6. The molecule has 1 N–H and O–H groups in total. The molecule has 1 fully saturated rings. The maximum Gasteiger partial charge on any atom is 0.410 e. The summed E-state index contributed by atoms with van der Waals surface area (Å²) < 4.78 is 11.3. The van der Waals surface area contributed by atoms with Gasteiger partial charge < -0.3 is 29.5 Å². The number of ether oxygens (including phenoxy) is 2. The minimum Gasteiger partial charge on any atom is -0.490 e. The van der Waals surface area contributed by atoms with E-state index in [9.17, 15) is 9.59 Å². The van der Waals surface area contributed by atoms with E-state index in [4.69, 9.17) is 9.47 Å². The molecule has 5 rings (SSSR count). The average molecular weight is 531 g/mol. The topological polar surface area (TPSA) is 100 Å². The van der Waals surface area contributed by atoms with Gasteiger partial charge in [-0.05, 0) is 51.1 Å². The van der Waals surface area contributed by atoms with Crippen LogP contribution >= 0.6 is 0 Å². The number of nitrogens with one attached hydrogen (secondary N) is 1. The fraction of sp³-hybridized carbons (Fsp3) is 0.379. The summed E-state index contributed by atoms with van der Waals surface area (Å²) in [5.41, 5.74) is 3.80.